The molecule has 3 N–H and O–H groups in total. The van der Waals surface area contributed by atoms with E-state index >= 15 is 0 Å². The van der Waals surface area contributed by atoms with Crippen molar-refractivity contribution in [2.24, 2.45) is 23.5 Å². The molecule has 3 heteroatoms. The molecule has 1 aromatic carbocycles. The molecule has 2 aliphatic rings. The third-order valence-electron chi connectivity index (χ3n) is 4.72. The molecule has 3 rings (SSSR count). The van der Waals surface area contributed by atoms with Crippen LogP contribution in [0.1, 0.15) is 36.8 Å². The number of anilines is 1. The van der Waals surface area contributed by atoms with Crippen molar-refractivity contribution in [1.29, 1.82) is 0 Å². The summed E-state index contributed by atoms with van der Waals surface area (Å²) in [5.41, 5.74) is 8.23. The smallest absolute Gasteiger partial charge is 0.228 e. The number of hydrogen-bond acceptors (Lipinski definition) is 2. The lowest BCUT2D eigenvalue weighted by atomic mass is 10.0. The topological polar surface area (TPSA) is 55.1 Å². The Morgan fingerprint density at radius 2 is 2.05 bits per heavy atom. The van der Waals surface area contributed by atoms with E-state index in [4.69, 9.17) is 5.73 Å². The first-order valence-electron chi connectivity index (χ1n) is 7.81. The van der Waals surface area contributed by atoms with E-state index in [9.17, 15) is 4.79 Å². The minimum absolute atomic E-state index is 0.174. The second-order valence-electron chi connectivity index (χ2n) is 6.18. The van der Waals surface area contributed by atoms with Crippen LogP contribution in [0.5, 0.6) is 0 Å². The van der Waals surface area contributed by atoms with E-state index in [0.717, 1.165) is 16.8 Å². The highest BCUT2D eigenvalue weighted by molar-refractivity contribution is 5.96. The zero-order valence-corrected chi connectivity index (χ0v) is 12.5. The number of carbonyl (C=O) groups is 1. The molecule has 0 spiro atoms. The van der Waals surface area contributed by atoms with Gasteiger partial charge in [0.1, 0.15) is 0 Å². The number of nitrogens with two attached hydrogens (primary N) is 1. The Morgan fingerprint density at radius 3 is 2.71 bits per heavy atom. The highest BCUT2D eigenvalue weighted by Crippen LogP contribution is 2.55. The fourth-order valence-electron chi connectivity index (χ4n) is 3.61. The maximum absolute atomic E-state index is 12.5. The lowest BCUT2D eigenvalue weighted by molar-refractivity contribution is -0.117. The monoisotopic (exact) mass is 282 g/mol. The Balaban J connectivity index is 1.75. The SMILES string of the molecule is Cc1ccc(C#CCN)c(NC(=O)C2C3CCCCC32)c1. The van der Waals surface area contributed by atoms with Crippen molar-refractivity contribution in [3.8, 4) is 11.8 Å². The van der Waals surface area contributed by atoms with Crippen molar-refractivity contribution < 1.29 is 4.79 Å². The quantitative estimate of drug-likeness (QED) is 0.819. The largest absolute Gasteiger partial charge is 0.325 e. The van der Waals surface area contributed by atoms with Crippen molar-refractivity contribution in [3.05, 3.63) is 29.3 Å². The summed E-state index contributed by atoms with van der Waals surface area (Å²) in [6.07, 6.45) is 5.00. The van der Waals surface area contributed by atoms with Crippen LogP contribution in [0.25, 0.3) is 0 Å². The Labute approximate surface area is 126 Å². The van der Waals surface area contributed by atoms with Crippen LogP contribution in [0.3, 0.4) is 0 Å². The maximum atomic E-state index is 12.5. The van der Waals surface area contributed by atoms with Crippen LogP contribution in [0.4, 0.5) is 5.69 Å². The molecule has 0 saturated heterocycles. The molecule has 0 heterocycles. The Hall–Kier alpha value is -1.79. The van der Waals surface area contributed by atoms with E-state index in [1.54, 1.807) is 0 Å². The first-order chi connectivity index (χ1) is 10.2. The molecule has 0 bridgehead atoms. The number of nitrogens with one attached hydrogen (secondary N) is 1. The summed E-state index contributed by atoms with van der Waals surface area (Å²) in [5, 5.41) is 3.10. The van der Waals surface area contributed by atoms with Gasteiger partial charge in [-0.3, -0.25) is 4.79 Å². The lowest BCUT2D eigenvalue weighted by Crippen LogP contribution is -2.16. The van der Waals surface area contributed by atoms with E-state index in [1.165, 1.54) is 25.7 Å². The number of benzene rings is 1. The van der Waals surface area contributed by atoms with Crippen LogP contribution in [0.2, 0.25) is 0 Å². The highest BCUT2D eigenvalue weighted by Gasteiger charge is 2.54. The van der Waals surface area contributed by atoms with Crippen LogP contribution in [-0.2, 0) is 4.79 Å². The molecule has 2 aliphatic carbocycles. The number of amides is 1. The molecule has 0 aliphatic heterocycles. The van der Waals surface area contributed by atoms with E-state index in [2.05, 4.69) is 17.2 Å². The Morgan fingerprint density at radius 1 is 1.33 bits per heavy atom. The molecule has 1 amide bonds. The third kappa shape index (κ3) is 2.96. The van der Waals surface area contributed by atoms with Gasteiger partial charge in [0, 0.05) is 11.5 Å². The zero-order chi connectivity index (χ0) is 14.8. The second-order valence-corrected chi connectivity index (χ2v) is 6.18. The zero-order valence-electron chi connectivity index (χ0n) is 12.5. The van der Waals surface area contributed by atoms with E-state index < -0.39 is 0 Å². The van der Waals surface area contributed by atoms with Crippen molar-refractivity contribution in [1.82, 2.24) is 0 Å². The summed E-state index contributed by atoms with van der Waals surface area (Å²) in [6, 6.07) is 5.95. The van der Waals surface area contributed by atoms with Gasteiger partial charge in [0.05, 0.1) is 12.2 Å². The number of carbonyl (C=O) groups excluding carboxylic acids is 1. The van der Waals surface area contributed by atoms with Crippen LogP contribution in [-0.4, -0.2) is 12.5 Å². The summed E-state index contributed by atoms with van der Waals surface area (Å²) >= 11 is 0. The molecule has 110 valence electrons. The van der Waals surface area contributed by atoms with Crippen LogP contribution >= 0.6 is 0 Å². The maximum Gasteiger partial charge on any atom is 0.228 e. The summed E-state index contributed by atoms with van der Waals surface area (Å²) in [6.45, 7) is 2.35. The van der Waals surface area contributed by atoms with Gasteiger partial charge in [0.15, 0.2) is 0 Å². The normalized spacial score (nSPS) is 26.3. The first kappa shape index (κ1) is 14.2. The minimum atomic E-state index is 0.174. The first-order valence-corrected chi connectivity index (χ1v) is 7.81. The molecule has 1 aromatic rings. The Bertz CT molecular complexity index is 599. The van der Waals surface area contributed by atoms with E-state index in [-0.39, 0.29) is 11.8 Å². The van der Waals surface area contributed by atoms with Gasteiger partial charge in [0.25, 0.3) is 0 Å². The van der Waals surface area contributed by atoms with Crippen LogP contribution in [0, 0.1) is 36.5 Å². The predicted octanol–water partition coefficient (Wildman–Crippen LogP) is 2.68. The molecule has 2 saturated carbocycles. The summed E-state index contributed by atoms with van der Waals surface area (Å²) in [7, 11) is 0. The standard InChI is InChI=1S/C18H22N2O/c1-12-8-9-13(5-4-10-19)16(11-12)20-18(21)17-14-6-2-3-7-15(14)17/h8-9,11,14-15,17H,2-3,6-7,10,19H2,1H3,(H,20,21). The molecule has 3 nitrogen and oxygen atoms in total. The van der Waals surface area contributed by atoms with Gasteiger partial charge in [-0.25, -0.2) is 0 Å². The number of aryl methyl sites for hydroxylation is 1. The van der Waals surface area contributed by atoms with Gasteiger partial charge < -0.3 is 11.1 Å². The van der Waals surface area contributed by atoms with Gasteiger partial charge in [-0.1, -0.05) is 30.7 Å². The van der Waals surface area contributed by atoms with Gasteiger partial charge in [0.2, 0.25) is 5.91 Å². The minimum Gasteiger partial charge on any atom is -0.325 e. The number of hydrogen-bond donors (Lipinski definition) is 2. The van der Waals surface area contributed by atoms with Crippen molar-refractivity contribution in [2.45, 2.75) is 32.6 Å². The molecule has 2 unspecified atom stereocenters. The predicted molar refractivity (Wildman–Crippen MR) is 84.7 cm³/mol. The summed E-state index contributed by atoms with van der Waals surface area (Å²) in [5.74, 6) is 7.55. The highest BCUT2D eigenvalue weighted by atomic mass is 16.2. The molecule has 21 heavy (non-hydrogen) atoms. The second kappa shape index (κ2) is 5.91. The van der Waals surface area contributed by atoms with Crippen molar-refractivity contribution in [3.63, 3.8) is 0 Å². The third-order valence-corrected chi connectivity index (χ3v) is 4.72. The fourth-order valence-corrected chi connectivity index (χ4v) is 3.61. The molecular weight excluding hydrogens is 260 g/mol. The van der Waals surface area contributed by atoms with Crippen molar-refractivity contribution in [2.75, 3.05) is 11.9 Å². The average molecular weight is 282 g/mol. The molecule has 2 fully saturated rings. The van der Waals surface area contributed by atoms with Crippen LogP contribution in [0.15, 0.2) is 18.2 Å². The Kier molecular flexibility index (Phi) is 3.98. The molecule has 0 radical (unpaired) electrons. The van der Waals surface area contributed by atoms with Gasteiger partial charge in [-0.05, 0) is 49.3 Å². The van der Waals surface area contributed by atoms with Gasteiger partial charge in [-0.15, -0.1) is 0 Å². The fraction of sp³-hybridized carbons (Fsp3) is 0.500. The number of fused-ring (bicyclic) bond motifs is 1. The summed E-state index contributed by atoms with van der Waals surface area (Å²) in [4.78, 5) is 12.5. The van der Waals surface area contributed by atoms with Crippen LogP contribution < -0.4 is 11.1 Å². The summed E-state index contributed by atoms with van der Waals surface area (Å²) < 4.78 is 0. The van der Waals surface area contributed by atoms with Crippen molar-refractivity contribution >= 4 is 11.6 Å². The van der Waals surface area contributed by atoms with Gasteiger partial charge in [-0.2, -0.15) is 0 Å². The molecular formula is C18H22N2O. The number of rotatable bonds is 2. The van der Waals surface area contributed by atoms with Gasteiger partial charge >= 0.3 is 0 Å². The van der Waals surface area contributed by atoms with E-state index in [0.29, 0.717) is 18.4 Å². The average Bonchev–Trinajstić information content (AvgIpc) is 3.21. The molecule has 2 atom stereocenters. The molecule has 0 aromatic heterocycles. The lowest BCUT2D eigenvalue weighted by Gasteiger charge is -2.08. The van der Waals surface area contributed by atoms with E-state index in [1.807, 2.05) is 25.1 Å².